The molecule has 2 rings (SSSR count). The molecule has 0 N–H and O–H groups in total. The van der Waals surface area contributed by atoms with Crippen LogP contribution in [0.1, 0.15) is 25.0 Å². The van der Waals surface area contributed by atoms with Crippen LogP contribution in [0, 0.1) is 0 Å². The molecule has 0 aliphatic heterocycles. The first-order chi connectivity index (χ1) is 12.1. The Bertz CT molecular complexity index is 613. The summed E-state index contributed by atoms with van der Waals surface area (Å²) in [6.07, 6.45) is 3.46. The van der Waals surface area contributed by atoms with Crippen molar-refractivity contribution in [2.24, 2.45) is 0 Å². The van der Waals surface area contributed by atoms with E-state index in [-0.39, 0.29) is 18.5 Å². The van der Waals surface area contributed by atoms with Crippen LogP contribution in [0.4, 0.5) is 5.69 Å². The summed E-state index contributed by atoms with van der Waals surface area (Å²) < 4.78 is 9.89. The van der Waals surface area contributed by atoms with Gasteiger partial charge in [-0.15, -0.1) is 11.6 Å². The van der Waals surface area contributed by atoms with E-state index >= 15 is 0 Å². The minimum absolute atomic E-state index is 0.0371. The fourth-order valence-electron chi connectivity index (χ4n) is 2.34. The minimum Gasteiger partial charge on any atom is -0.473 e. The van der Waals surface area contributed by atoms with Crippen molar-refractivity contribution in [1.82, 2.24) is 4.98 Å². The van der Waals surface area contributed by atoms with E-state index in [2.05, 4.69) is 18.8 Å². The molecule has 1 amide bonds. The second kappa shape index (κ2) is 11.8. The van der Waals surface area contributed by atoms with Crippen molar-refractivity contribution in [2.75, 3.05) is 31.7 Å². The number of thiazole rings is 1. The van der Waals surface area contributed by atoms with Gasteiger partial charge < -0.3 is 9.47 Å². The van der Waals surface area contributed by atoms with Crippen LogP contribution >= 0.6 is 22.9 Å². The van der Waals surface area contributed by atoms with Crippen molar-refractivity contribution >= 4 is 34.5 Å². The molecule has 138 valence electrons. The molecule has 0 fully saturated rings. The molecule has 5 nitrogen and oxygen atoms in total. The number of alkyl halides is 1. The molecule has 0 aliphatic rings. The molecule has 2 aromatic rings. The smallest absolute Gasteiger partial charge is 0.272 e. The highest BCUT2D eigenvalue weighted by molar-refractivity contribution is 7.11. The number of carbonyl (C=O) groups is 1. The maximum atomic E-state index is 12.0. The quantitative estimate of drug-likeness (QED) is 0.531. The van der Waals surface area contributed by atoms with Crippen LogP contribution in [0.15, 0.2) is 29.8 Å². The van der Waals surface area contributed by atoms with Crippen molar-refractivity contribution < 1.29 is 14.3 Å². The van der Waals surface area contributed by atoms with Gasteiger partial charge in [-0.1, -0.05) is 43.4 Å². The molecule has 0 saturated heterocycles. The summed E-state index contributed by atoms with van der Waals surface area (Å²) in [4.78, 5) is 17.4. The molecular weight excluding hydrogens is 360 g/mol. The highest BCUT2D eigenvalue weighted by Crippen LogP contribution is 2.27. The minimum atomic E-state index is -0.130. The van der Waals surface area contributed by atoms with E-state index in [1.165, 1.54) is 11.3 Å². The zero-order chi connectivity index (χ0) is 18.7. The van der Waals surface area contributed by atoms with Gasteiger partial charge in [-0.05, 0) is 24.0 Å². The van der Waals surface area contributed by atoms with E-state index in [4.69, 9.17) is 21.1 Å². The van der Waals surface area contributed by atoms with Crippen LogP contribution < -0.4 is 9.64 Å². The summed E-state index contributed by atoms with van der Waals surface area (Å²) in [5.74, 6) is -0.168. The number of aryl methyl sites for hydroxylation is 2. The second-order valence-corrected chi connectivity index (χ2v) is 6.13. The fraction of sp³-hybridized carbons (Fsp3) is 0.444. The van der Waals surface area contributed by atoms with Gasteiger partial charge in [-0.3, -0.25) is 9.69 Å². The van der Waals surface area contributed by atoms with Crippen molar-refractivity contribution in [1.29, 1.82) is 0 Å². The first-order valence-corrected chi connectivity index (χ1v) is 9.43. The average Bonchev–Trinajstić information content (AvgIpc) is 3.19. The third-order valence-corrected chi connectivity index (χ3v) is 4.45. The zero-order valence-electron chi connectivity index (χ0n) is 15.1. The summed E-state index contributed by atoms with van der Waals surface area (Å²) >= 11 is 7.17. The second-order valence-electron chi connectivity index (χ2n) is 5.01. The van der Waals surface area contributed by atoms with Crippen molar-refractivity contribution in [2.45, 2.75) is 26.7 Å². The highest BCUT2D eigenvalue weighted by Gasteiger charge is 2.19. The molecule has 0 saturated carbocycles. The number of benzene rings is 1. The zero-order valence-corrected chi connectivity index (χ0v) is 16.7. The fourth-order valence-corrected chi connectivity index (χ4v) is 2.94. The summed E-state index contributed by atoms with van der Waals surface area (Å²) in [6, 6.07) is 6.11. The van der Waals surface area contributed by atoms with Crippen molar-refractivity contribution in [3.05, 3.63) is 40.9 Å². The number of amides is 1. The summed E-state index contributed by atoms with van der Waals surface area (Å²) in [5, 5.41) is 2.60. The number of hydrogen-bond acceptors (Lipinski definition) is 5. The number of rotatable bonds is 7. The first kappa shape index (κ1) is 21.4. The normalized spacial score (nSPS) is 9.96. The van der Waals surface area contributed by atoms with E-state index in [1.54, 1.807) is 25.3 Å². The monoisotopic (exact) mass is 384 g/mol. The van der Waals surface area contributed by atoms with E-state index in [9.17, 15) is 4.79 Å². The highest BCUT2D eigenvalue weighted by atomic mass is 35.5. The average molecular weight is 385 g/mol. The Labute approximate surface area is 158 Å². The molecule has 25 heavy (non-hydrogen) atoms. The molecule has 7 heteroatoms. The Hall–Kier alpha value is -1.63. The largest absolute Gasteiger partial charge is 0.473 e. The SMILES string of the molecule is CCc1cccc(CC)c1N(COC)C(=O)CCl.COc1nccs1. The van der Waals surface area contributed by atoms with Crippen LogP contribution in [-0.2, 0) is 22.4 Å². The number of nitrogens with zero attached hydrogens (tertiary/aromatic N) is 2. The molecule has 0 atom stereocenters. The molecule has 0 radical (unpaired) electrons. The maximum Gasteiger partial charge on any atom is 0.272 e. The van der Waals surface area contributed by atoms with Gasteiger partial charge in [0, 0.05) is 18.7 Å². The Kier molecular flexibility index (Phi) is 10.1. The topological polar surface area (TPSA) is 51.7 Å². The Morgan fingerprint density at radius 1 is 1.24 bits per heavy atom. The number of carbonyl (C=O) groups excluding carboxylic acids is 1. The van der Waals surface area contributed by atoms with Crippen LogP contribution in [0.25, 0.3) is 0 Å². The lowest BCUT2D eigenvalue weighted by Crippen LogP contribution is -2.35. The summed E-state index contributed by atoms with van der Waals surface area (Å²) in [6.45, 7) is 4.39. The van der Waals surface area contributed by atoms with Crippen molar-refractivity contribution in [3.63, 3.8) is 0 Å². The molecule has 0 aliphatic carbocycles. The van der Waals surface area contributed by atoms with Crippen LogP contribution in [0.2, 0.25) is 0 Å². The standard InChI is InChI=1S/C14H20ClNO2.C4H5NOS/c1-4-11-7-6-8-12(5-2)14(11)16(10-18-3)13(17)9-15;1-6-4-5-2-3-7-4/h6-8H,4-5,9-10H2,1-3H3;2-3H,1H3. The van der Waals surface area contributed by atoms with Gasteiger partial charge in [0.05, 0.1) is 12.8 Å². The van der Waals surface area contributed by atoms with Crippen LogP contribution in [-0.4, -0.2) is 37.7 Å². The van der Waals surface area contributed by atoms with Crippen LogP contribution in [0.5, 0.6) is 5.19 Å². The van der Waals surface area contributed by atoms with Gasteiger partial charge in [0.2, 0.25) is 5.91 Å². The van der Waals surface area contributed by atoms with Gasteiger partial charge >= 0.3 is 0 Å². The van der Waals surface area contributed by atoms with Gasteiger partial charge in [0.25, 0.3) is 5.19 Å². The van der Waals surface area contributed by atoms with Crippen LogP contribution in [0.3, 0.4) is 0 Å². The molecule has 0 spiro atoms. The molecule has 1 heterocycles. The Morgan fingerprint density at radius 3 is 2.24 bits per heavy atom. The number of anilines is 1. The number of para-hydroxylation sites is 1. The van der Waals surface area contributed by atoms with E-state index < -0.39 is 0 Å². The van der Waals surface area contributed by atoms with Gasteiger partial charge in [-0.2, -0.15) is 0 Å². The van der Waals surface area contributed by atoms with Gasteiger partial charge in [0.1, 0.15) is 12.6 Å². The summed E-state index contributed by atoms with van der Waals surface area (Å²) in [7, 11) is 3.19. The predicted octanol–water partition coefficient (Wildman–Crippen LogP) is 4.14. The molecule has 1 aromatic carbocycles. The number of methoxy groups -OCH3 is 2. The van der Waals surface area contributed by atoms with E-state index in [1.807, 2.05) is 23.6 Å². The predicted molar refractivity (Wildman–Crippen MR) is 104 cm³/mol. The third kappa shape index (κ3) is 6.30. The molecule has 1 aromatic heterocycles. The maximum absolute atomic E-state index is 12.0. The van der Waals surface area contributed by atoms with Gasteiger partial charge in [-0.25, -0.2) is 4.98 Å². The first-order valence-electron chi connectivity index (χ1n) is 8.02. The van der Waals surface area contributed by atoms with E-state index in [0.717, 1.165) is 34.8 Å². The lowest BCUT2D eigenvalue weighted by molar-refractivity contribution is -0.117. The Morgan fingerprint density at radius 2 is 1.88 bits per heavy atom. The van der Waals surface area contributed by atoms with E-state index in [0.29, 0.717) is 0 Å². The summed E-state index contributed by atoms with van der Waals surface area (Å²) in [5.41, 5.74) is 3.24. The number of aromatic nitrogens is 1. The van der Waals surface area contributed by atoms with Gasteiger partial charge in [0.15, 0.2) is 0 Å². The molecule has 0 bridgehead atoms. The third-order valence-electron chi connectivity index (χ3n) is 3.49. The molecule has 0 unspecified atom stereocenters. The molecular formula is C18H25ClN2O3S. The van der Waals surface area contributed by atoms with Crippen molar-refractivity contribution in [3.8, 4) is 5.19 Å². The lowest BCUT2D eigenvalue weighted by atomic mass is 10.0. The lowest BCUT2D eigenvalue weighted by Gasteiger charge is -2.26. The number of hydrogen-bond donors (Lipinski definition) is 0. The Balaban J connectivity index is 0.000000370. The number of halogens is 1. The number of ether oxygens (including phenoxy) is 2.